The van der Waals surface area contributed by atoms with Crippen LogP contribution in [-0.4, -0.2) is 30.1 Å². The lowest BCUT2D eigenvalue weighted by Crippen LogP contribution is -2.52. The quantitative estimate of drug-likeness (QED) is 0.890. The highest BCUT2D eigenvalue weighted by molar-refractivity contribution is 7.12. The topological polar surface area (TPSA) is 15.3 Å². The molecule has 0 atom stereocenters. The Balaban J connectivity index is 1.68. The maximum Gasteiger partial charge on any atom is 0.0328 e. The van der Waals surface area contributed by atoms with Gasteiger partial charge in [-0.05, 0) is 57.8 Å². The van der Waals surface area contributed by atoms with E-state index in [0.717, 1.165) is 6.54 Å². The molecule has 0 unspecified atom stereocenters. The van der Waals surface area contributed by atoms with E-state index in [9.17, 15) is 0 Å². The van der Waals surface area contributed by atoms with Crippen LogP contribution in [0.25, 0.3) is 0 Å². The third-order valence-electron chi connectivity index (χ3n) is 5.08. The number of rotatable bonds is 2. The second-order valence-corrected chi connectivity index (χ2v) is 8.12. The molecule has 0 amide bonds. The minimum absolute atomic E-state index is 0.427. The smallest absolute Gasteiger partial charge is 0.0328 e. The van der Waals surface area contributed by atoms with Gasteiger partial charge in [-0.3, -0.25) is 4.90 Å². The molecule has 1 aliphatic carbocycles. The van der Waals surface area contributed by atoms with Crippen LogP contribution in [0.15, 0.2) is 6.07 Å². The Hall–Kier alpha value is -0.380. The first kappa shape index (κ1) is 14.6. The van der Waals surface area contributed by atoms with Crippen molar-refractivity contribution in [3.8, 4) is 0 Å². The standard InChI is InChI=1S/C17H28N2S/c1-14-11-16(20-15(14)2)12-19-10-6-9-18-17(13-19)7-4-3-5-8-17/h11,18H,3-10,12-13H2,1-2H3. The summed E-state index contributed by atoms with van der Waals surface area (Å²) in [7, 11) is 0. The van der Waals surface area contributed by atoms with Gasteiger partial charge in [-0.1, -0.05) is 19.3 Å². The van der Waals surface area contributed by atoms with E-state index in [0.29, 0.717) is 5.54 Å². The number of hydrogen-bond donors (Lipinski definition) is 1. The van der Waals surface area contributed by atoms with Gasteiger partial charge in [0.1, 0.15) is 0 Å². The Morgan fingerprint density at radius 2 is 2.00 bits per heavy atom. The van der Waals surface area contributed by atoms with Crippen molar-refractivity contribution in [2.45, 2.75) is 64.5 Å². The van der Waals surface area contributed by atoms with Crippen LogP contribution in [0, 0.1) is 13.8 Å². The van der Waals surface area contributed by atoms with Gasteiger partial charge in [-0.15, -0.1) is 11.3 Å². The molecular formula is C17H28N2S. The highest BCUT2D eigenvalue weighted by atomic mass is 32.1. The Bertz CT molecular complexity index is 426. The third kappa shape index (κ3) is 3.26. The highest BCUT2D eigenvalue weighted by Gasteiger charge is 2.34. The molecule has 0 bridgehead atoms. The van der Waals surface area contributed by atoms with Crippen LogP contribution in [0.3, 0.4) is 0 Å². The first-order chi connectivity index (χ1) is 9.67. The summed E-state index contributed by atoms with van der Waals surface area (Å²) in [6.45, 7) is 9.35. The molecule has 2 heterocycles. The molecule has 1 N–H and O–H groups in total. The molecule has 1 saturated carbocycles. The highest BCUT2D eigenvalue weighted by Crippen LogP contribution is 2.31. The lowest BCUT2D eigenvalue weighted by Gasteiger charge is -2.40. The number of hydrogen-bond acceptors (Lipinski definition) is 3. The van der Waals surface area contributed by atoms with Crippen molar-refractivity contribution in [3.63, 3.8) is 0 Å². The van der Waals surface area contributed by atoms with E-state index in [1.54, 1.807) is 4.88 Å². The summed E-state index contributed by atoms with van der Waals surface area (Å²) >= 11 is 1.99. The normalized spacial score (nSPS) is 23.9. The van der Waals surface area contributed by atoms with Gasteiger partial charge < -0.3 is 5.32 Å². The summed E-state index contributed by atoms with van der Waals surface area (Å²) in [5.41, 5.74) is 1.89. The van der Waals surface area contributed by atoms with E-state index in [4.69, 9.17) is 0 Å². The van der Waals surface area contributed by atoms with Gasteiger partial charge >= 0.3 is 0 Å². The molecule has 2 nitrogen and oxygen atoms in total. The molecule has 2 aliphatic rings. The van der Waals surface area contributed by atoms with Crippen molar-refractivity contribution in [1.29, 1.82) is 0 Å². The summed E-state index contributed by atoms with van der Waals surface area (Å²) in [5, 5.41) is 3.89. The molecule has 20 heavy (non-hydrogen) atoms. The van der Waals surface area contributed by atoms with E-state index < -0.39 is 0 Å². The van der Waals surface area contributed by atoms with Crippen LogP contribution in [0.5, 0.6) is 0 Å². The van der Waals surface area contributed by atoms with E-state index in [2.05, 4.69) is 30.1 Å². The zero-order valence-electron chi connectivity index (χ0n) is 13.0. The molecule has 0 radical (unpaired) electrons. The molecule has 1 aromatic rings. The molecule has 2 fully saturated rings. The Morgan fingerprint density at radius 3 is 2.70 bits per heavy atom. The van der Waals surface area contributed by atoms with Gasteiger partial charge in [0.2, 0.25) is 0 Å². The lowest BCUT2D eigenvalue weighted by atomic mass is 9.81. The van der Waals surface area contributed by atoms with Crippen LogP contribution in [0.1, 0.15) is 53.8 Å². The molecule has 3 heteroatoms. The average Bonchev–Trinajstić information content (AvgIpc) is 2.63. The SMILES string of the molecule is Cc1cc(CN2CCCNC3(CCCCC3)C2)sc1C. The largest absolute Gasteiger partial charge is 0.310 e. The number of thiophene rings is 1. The van der Waals surface area contributed by atoms with Crippen molar-refractivity contribution < 1.29 is 0 Å². The fourth-order valence-electron chi connectivity index (χ4n) is 3.87. The maximum absolute atomic E-state index is 3.89. The zero-order chi connectivity index (χ0) is 14.0. The summed E-state index contributed by atoms with van der Waals surface area (Å²) < 4.78 is 0. The Labute approximate surface area is 127 Å². The van der Waals surface area contributed by atoms with Crippen LogP contribution in [0.2, 0.25) is 0 Å². The van der Waals surface area contributed by atoms with E-state index >= 15 is 0 Å². The second kappa shape index (κ2) is 6.17. The maximum atomic E-state index is 3.89. The fourth-order valence-corrected chi connectivity index (χ4v) is 4.96. The van der Waals surface area contributed by atoms with Crippen molar-refractivity contribution in [2.75, 3.05) is 19.6 Å². The van der Waals surface area contributed by atoms with Crippen molar-refractivity contribution >= 4 is 11.3 Å². The average molecular weight is 292 g/mol. The summed E-state index contributed by atoms with van der Waals surface area (Å²) in [4.78, 5) is 5.74. The minimum atomic E-state index is 0.427. The monoisotopic (exact) mass is 292 g/mol. The molecular weight excluding hydrogens is 264 g/mol. The predicted molar refractivity (Wildman–Crippen MR) is 87.5 cm³/mol. The first-order valence-electron chi connectivity index (χ1n) is 8.20. The van der Waals surface area contributed by atoms with Crippen molar-refractivity contribution in [1.82, 2.24) is 10.2 Å². The first-order valence-corrected chi connectivity index (χ1v) is 9.02. The molecule has 3 rings (SSSR count). The van der Waals surface area contributed by atoms with Gasteiger partial charge in [-0.2, -0.15) is 0 Å². The number of nitrogens with one attached hydrogen (secondary N) is 1. The fraction of sp³-hybridized carbons (Fsp3) is 0.765. The van der Waals surface area contributed by atoms with Crippen LogP contribution in [0.4, 0.5) is 0 Å². The molecule has 1 spiro atoms. The summed E-state index contributed by atoms with van der Waals surface area (Å²) in [6.07, 6.45) is 8.33. The van der Waals surface area contributed by atoms with Crippen molar-refractivity contribution in [3.05, 3.63) is 21.4 Å². The number of aryl methyl sites for hydroxylation is 2. The second-order valence-electron chi connectivity index (χ2n) is 6.78. The molecule has 1 aliphatic heterocycles. The van der Waals surface area contributed by atoms with Crippen LogP contribution in [-0.2, 0) is 6.54 Å². The molecule has 0 aromatic carbocycles. The van der Waals surface area contributed by atoms with E-state index in [-0.39, 0.29) is 0 Å². The molecule has 1 aromatic heterocycles. The lowest BCUT2D eigenvalue weighted by molar-refractivity contribution is 0.160. The number of nitrogens with zero attached hydrogens (tertiary/aromatic N) is 1. The summed E-state index contributed by atoms with van der Waals surface area (Å²) in [6, 6.07) is 2.39. The van der Waals surface area contributed by atoms with Crippen molar-refractivity contribution in [2.24, 2.45) is 0 Å². The minimum Gasteiger partial charge on any atom is -0.310 e. The van der Waals surface area contributed by atoms with Gasteiger partial charge in [0.15, 0.2) is 0 Å². The molecule has 1 saturated heterocycles. The predicted octanol–water partition coefficient (Wildman–Crippen LogP) is 3.86. The van der Waals surface area contributed by atoms with Crippen LogP contribution < -0.4 is 5.32 Å². The Morgan fingerprint density at radius 1 is 1.20 bits per heavy atom. The van der Waals surface area contributed by atoms with Gasteiger partial charge in [0.05, 0.1) is 0 Å². The zero-order valence-corrected chi connectivity index (χ0v) is 13.8. The van der Waals surface area contributed by atoms with E-state index in [1.807, 2.05) is 11.3 Å². The van der Waals surface area contributed by atoms with Gasteiger partial charge in [-0.25, -0.2) is 0 Å². The van der Waals surface area contributed by atoms with E-state index in [1.165, 1.54) is 68.6 Å². The van der Waals surface area contributed by atoms with Crippen LogP contribution >= 0.6 is 11.3 Å². The van der Waals surface area contributed by atoms with Gasteiger partial charge in [0.25, 0.3) is 0 Å². The Kier molecular flexibility index (Phi) is 4.49. The third-order valence-corrected chi connectivity index (χ3v) is 6.22. The summed E-state index contributed by atoms with van der Waals surface area (Å²) in [5.74, 6) is 0. The molecule has 112 valence electrons. The van der Waals surface area contributed by atoms with Gasteiger partial charge in [0, 0.05) is 28.4 Å².